The zero-order valence-electron chi connectivity index (χ0n) is 17.7. The molecular formula is C25H22N4O3. The Morgan fingerprint density at radius 1 is 0.781 bits per heavy atom. The van der Waals surface area contributed by atoms with Crippen LogP contribution in [0.15, 0.2) is 78.9 Å². The Hall–Kier alpha value is -4.39. The normalized spacial score (nSPS) is 10.6. The molecule has 32 heavy (non-hydrogen) atoms. The number of hydrogen-bond acceptors (Lipinski definition) is 4. The van der Waals surface area contributed by atoms with Crippen LogP contribution in [0.3, 0.4) is 0 Å². The van der Waals surface area contributed by atoms with E-state index in [0.717, 1.165) is 11.4 Å². The Morgan fingerprint density at radius 2 is 1.38 bits per heavy atom. The summed E-state index contributed by atoms with van der Waals surface area (Å²) in [5.41, 5.74) is 3.72. The van der Waals surface area contributed by atoms with Gasteiger partial charge in [-0.25, -0.2) is 4.68 Å². The third-order valence-electron chi connectivity index (χ3n) is 5.10. The van der Waals surface area contributed by atoms with Crippen molar-refractivity contribution in [2.24, 2.45) is 0 Å². The lowest BCUT2D eigenvalue weighted by molar-refractivity contribution is 0.102. The molecule has 3 N–H and O–H groups in total. The first-order chi connectivity index (χ1) is 15.5. The van der Waals surface area contributed by atoms with E-state index < -0.39 is 5.91 Å². The Labute approximate surface area is 185 Å². The number of aromatic hydroxyl groups is 1. The fourth-order valence-electron chi connectivity index (χ4n) is 3.47. The summed E-state index contributed by atoms with van der Waals surface area (Å²) in [4.78, 5) is 25.7. The highest BCUT2D eigenvalue weighted by Gasteiger charge is 2.19. The van der Waals surface area contributed by atoms with Crippen LogP contribution >= 0.6 is 0 Å². The number of carbonyl (C=O) groups is 2. The number of nitrogens with zero attached hydrogens (tertiary/aromatic N) is 2. The van der Waals surface area contributed by atoms with E-state index >= 15 is 0 Å². The van der Waals surface area contributed by atoms with Crippen LogP contribution in [0.25, 0.3) is 5.69 Å². The second-order valence-corrected chi connectivity index (χ2v) is 7.26. The molecule has 4 rings (SSSR count). The lowest BCUT2D eigenvalue weighted by Gasteiger charge is -2.12. The Bertz CT molecular complexity index is 1300. The molecule has 0 fully saturated rings. The number of carbonyl (C=O) groups excluding carboxylic acids is 2. The average molecular weight is 426 g/mol. The molecule has 1 aromatic heterocycles. The van der Waals surface area contributed by atoms with Gasteiger partial charge in [-0.15, -0.1) is 0 Å². The van der Waals surface area contributed by atoms with E-state index in [-0.39, 0.29) is 17.2 Å². The number of anilines is 2. The highest BCUT2D eigenvalue weighted by molar-refractivity contribution is 6.13. The van der Waals surface area contributed by atoms with Gasteiger partial charge >= 0.3 is 0 Å². The number of aryl methyl sites for hydroxylation is 1. The van der Waals surface area contributed by atoms with Gasteiger partial charge in [0.1, 0.15) is 5.75 Å². The van der Waals surface area contributed by atoms with Crippen molar-refractivity contribution < 1.29 is 14.7 Å². The number of nitrogens with one attached hydrogen (secondary N) is 2. The van der Waals surface area contributed by atoms with Crippen molar-refractivity contribution in [3.8, 4) is 11.4 Å². The third kappa shape index (κ3) is 4.09. The number of amides is 2. The first kappa shape index (κ1) is 20.9. The summed E-state index contributed by atoms with van der Waals surface area (Å²) in [7, 11) is 0. The van der Waals surface area contributed by atoms with Crippen LogP contribution in [0.2, 0.25) is 0 Å². The van der Waals surface area contributed by atoms with Crippen molar-refractivity contribution in [3.63, 3.8) is 0 Å². The number of para-hydroxylation sites is 3. The number of rotatable bonds is 5. The molecule has 2 amide bonds. The van der Waals surface area contributed by atoms with Gasteiger partial charge in [0.05, 0.1) is 39.6 Å². The predicted octanol–water partition coefficient (Wildman–Crippen LogP) is 4.70. The van der Waals surface area contributed by atoms with Crippen molar-refractivity contribution in [1.29, 1.82) is 0 Å². The summed E-state index contributed by atoms with van der Waals surface area (Å²) in [6.07, 6.45) is 0. The lowest BCUT2D eigenvalue weighted by atomic mass is 10.1. The maximum Gasteiger partial charge on any atom is 0.259 e. The molecule has 7 heteroatoms. The van der Waals surface area contributed by atoms with Gasteiger partial charge in [-0.05, 0) is 50.2 Å². The standard InChI is InChI=1S/C25H22N4O3/c1-16-23(17(2)29(28-16)18-10-4-3-5-11-18)27-24(31)19-12-6-8-14-21(19)26-25(32)20-13-7-9-15-22(20)30/h3-15,30H,1-2H3,(H,26,32)(H,27,31). The van der Waals surface area contributed by atoms with Crippen molar-refractivity contribution in [1.82, 2.24) is 9.78 Å². The number of benzene rings is 3. The molecule has 1 heterocycles. The largest absolute Gasteiger partial charge is 0.507 e. The van der Waals surface area contributed by atoms with Crippen LogP contribution in [0, 0.1) is 13.8 Å². The summed E-state index contributed by atoms with van der Waals surface area (Å²) in [5, 5.41) is 20.1. The van der Waals surface area contributed by atoms with Crippen molar-refractivity contribution in [2.75, 3.05) is 10.6 Å². The van der Waals surface area contributed by atoms with Gasteiger partial charge in [-0.1, -0.05) is 42.5 Å². The Balaban J connectivity index is 1.60. The molecule has 0 aliphatic heterocycles. The lowest BCUT2D eigenvalue weighted by Crippen LogP contribution is -2.18. The van der Waals surface area contributed by atoms with Gasteiger partial charge in [0.15, 0.2) is 0 Å². The molecule has 7 nitrogen and oxygen atoms in total. The fourth-order valence-corrected chi connectivity index (χ4v) is 3.47. The maximum atomic E-state index is 13.1. The number of phenols is 1. The highest BCUT2D eigenvalue weighted by Crippen LogP contribution is 2.25. The van der Waals surface area contributed by atoms with Gasteiger partial charge in [0.2, 0.25) is 0 Å². The second kappa shape index (κ2) is 8.77. The van der Waals surface area contributed by atoms with Crippen LogP contribution in [0.5, 0.6) is 5.75 Å². The smallest absolute Gasteiger partial charge is 0.259 e. The summed E-state index contributed by atoms with van der Waals surface area (Å²) in [5.74, 6) is -1.02. The first-order valence-corrected chi connectivity index (χ1v) is 10.1. The first-order valence-electron chi connectivity index (χ1n) is 10.1. The SMILES string of the molecule is Cc1nn(-c2ccccc2)c(C)c1NC(=O)c1ccccc1NC(=O)c1ccccc1O. The van der Waals surface area contributed by atoms with Crippen LogP contribution in [-0.4, -0.2) is 26.7 Å². The molecular weight excluding hydrogens is 404 g/mol. The number of hydrogen-bond donors (Lipinski definition) is 3. The quantitative estimate of drug-likeness (QED) is 0.431. The summed E-state index contributed by atoms with van der Waals surface area (Å²) in [6, 6.07) is 22.6. The molecule has 4 aromatic rings. The maximum absolute atomic E-state index is 13.1. The molecule has 0 spiro atoms. The molecule has 0 aliphatic rings. The van der Waals surface area contributed by atoms with E-state index in [4.69, 9.17) is 0 Å². The molecule has 0 bridgehead atoms. The fraction of sp³-hybridized carbons (Fsp3) is 0.0800. The van der Waals surface area contributed by atoms with Gasteiger partial charge in [0, 0.05) is 0 Å². The van der Waals surface area contributed by atoms with Crippen LogP contribution in [0.1, 0.15) is 32.1 Å². The van der Waals surface area contributed by atoms with E-state index in [1.165, 1.54) is 12.1 Å². The Morgan fingerprint density at radius 3 is 2.09 bits per heavy atom. The average Bonchev–Trinajstić information content (AvgIpc) is 3.08. The van der Waals surface area contributed by atoms with E-state index in [0.29, 0.717) is 22.6 Å². The van der Waals surface area contributed by atoms with Crippen LogP contribution < -0.4 is 10.6 Å². The van der Waals surface area contributed by atoms with E-state index in [1.54, 1.807) is 41.1 Å². The van der Waals surface area contributed by atoms with Crippen molar-refractivity contribution >= 4 is 23.2 Å². The van der Waals surface area contributed by atoms with Gasteiger partial charge in [-0.3, -0.25) is 9.59 Å². The van der Waals surface area contributed by atoms with Crippen molar-refractivity contribution in [2.45, 2.75) is 13.8 Å². The summed E-state index contributed by atoms with van der Waals surface area (Å²) >= 11 is 0. The minimum atomic E-state index is -0.507. The molecule has 0 saturated heterocycles. The van der Waals surface area contributed by atoms with Gasteiger partial charge in [-0.2, -0.15) is 5.10 Å². The molecule has 160 valence electrons. The van der Waals surface area contributed by atoms with E-state index in [2.05, 4.69) is 15.7 Å². The van der Waals surface area contributed by atoms with Gasteiger partial charge < -0.3 is 15.7 Å². The molecule has 0 radical (unpaired) electrons. The second-order valence-electron chi connectivity index (χ2n) is 7.26. The zero-order chi connectivity index (χ0) is 22.7. The van der Waals surface area contributed by atoms with E-state index in [1.807, 2.05) is 44.2 Å². The molecule has 3 aromatic carbocycles. The molecule has 0 saturated carbocycles. The van der Waals surface area contributed by atoms with Crippen LogP contribution in [-0.2, 0) is 0 Å². The highest BCUT2D eigenvalue weighted by atomic mass is 16.3. The zero-order valence-corrected chi connectivity index (χ0v) is 17.7. The van der Waals surface area contributed by atoms with Crippen molar-refractivity contribution in [3.05, 3.63) is 101 Å². The third-order valence-corrected chi connectivity index (χ3v) is 5.10. The molecule has 0 aliphatic carbocycles. The van der Waals surface area contributed by atoms with E-state index in [9.17, 15) is 14.7 Å². The van der Waals surface area contributed by atoms with Crippen LogP contribution in [0.4, 0.5) is 11.4 Å². The number of aromatic nitrogens is 2. The van der Waals surface area contributed by atoms with Gasteiger partial charge in [0.25, 0.3) is 11.8 Å². The summed E-state index contributed by atoms with van der Waals surface area (Å²) in [6.45, 7) is 3.71. The summed E-state index contributed by atoms with van der Waals surface area (Å²) < 4.78 is 1.77. The molecule has 0 unspecified atom stereocenters. The number of phenolic OH excluding ortho intramolecular Hbond substituents is 1. The topological polar surface area (TPSA) is 96.3 Å². The minimum Gasteiger partial charge on any atom is -0.507 e. The Kier molecular flexibility index (Phi) is 5.72. The molecule has 0 atom stereocenters. The predicted molar refractivity (Wildman–Crippen MR) is 123 cm³/mol. The monoisotopic (exact) mass is 426 g/mol. The minimum absolute atomic E-state index is 0.124.